The summed E-state index contributed by atoms with van der Waals surface area (Å²) in [6.07, 6.45) is 7.62. The van der Waals surface area contributed by atoms with E-state index in [1.165, 1.54) is 11.6 Å². The molecule has 0 fully saturated rings. The second kappa shape index (κ2) is 8.57. The molecule has 0 bridgehead atoms. The molecular formula is C18H26O2. The average molecular weight is 274 g/mol. The Morgan fingerprint density at radius 1 is 1.15 bits per heavy atom. The zero-order valence-corrected chi connectivity index (χ0v) is 13.0. The van der Waals surface area contributed by atoms with Gasteiger partial charge in [0.25, 0.3) is 0 Å². The third kappa shape index (κ3) is 4.84. The predicted octanol–water partition coefficient (Wildman–Crippen LogP) is 4.77. The summed E-state index contributed by atoms with van der Waals surface area (Å²) in [7, 11) is 0. The number of ether oxygens (including phenoxy) is 1. The van der Waals surface area contributed by atoms with Gasteiger partial charge < -0.3 is 4.74 Å². The molecule has 0 N–H and O–H groups in total. The van der Waals surface area contributed by atoms with Crippen LogP contribution in [0.1, 0.15) is 56.2 Å². The van der Waals surface area contributed by atoms with Gasteiger partial charge in [-0.25, -0.2) is 4.79 Å². The first-order chi connectivity index (χ1) is 9.62. The molecule has 0 aliphatic carbocycles. The number of hydrogen-bond donors (Lipinski definition) is 0. The molecule has 0 radical (unpaired) electrons. The summed E-state index contributed by atoms with van der Waals surface area (Å²) in [4.78, 5) is 11.6. The van der Waals surface area contributed by atoms with E-state index < -0.39 is 0 Å². The van der Waals surface area contributed by atoms with E-state index in [0.29, 0.717) is 0 Å². The number of hydrogen-bond acceptors (Lipinski definition) is 2. The van der Waals surface area contributed by atoms with E-state index in [0.717, 1.165) is 55.4 Å². The number of esters is 1. The van der Waals surface area contributed by atoms with Crippen LogP contribution in [0.5, 0.6) is 5.75 Å². The van der Waals surface area contributed by atoms with E-state index in [1.54, 1.807) is 0 Å². The summed E-state index contributed by atoms with van der Waals surface area (Å²) in [6.45, 7) is 9.92. The highest BCUT2D eigenvalue weighted by Gasteiger charge is 2.13. The van der Waals surface area contributed by atoms with Crippen LogP contribution < -0.4 is 4.74 Å². The third-order valence-electron chi connectivity index (χ3n) is 3.36. The van der Waals surface area contributed by atoms with Crippen molar-refractivity contribution in [1.29, 1.82) is 0 Å². The van der Waals surface area contributed by atoms with Gasteiger partial charge in [-0.2, -0.15) is 0 Å². The van der Waals surface area contributed by atoms with Crippen LogP contribution in [0.4, 0.5) is 0 Å². The van der Waals surface area contributed by atoms with Crippen LogP contribution in [0.15, 0.2) is 24.8 Å². The SMILES string of the molecule is C=CC(=O)Oc1c(CCCC)cc(C)cc1CCCC. The Bertz CT molecular complexity index is 431. The molecule has 0 aliphatic heterocycles. The van der Waals surface area contributed by atoms with Crippen molar-refractivity contribution in [3.8, 4) is 5.75 Å². The van der Waals surface area contributed by atoms with Gasteiger partial charge in [-0.3, -0.25) is 0 Å². The van der Waals surface area contributed by atoms with Gasteiger partial charge in [0.2, 0.25) is 0 Å². The summed E-state index contributed by atoms with van der Waals surface area (Å²) < 4.78 is 5.52. The predicted molar refractivity (Wildman–Crippen MR) is 84.2 cm³/mol. The zero-order valence-electron chi connectivity index (χ0n) is 13.0. The zero-order chi connectivity index (χ0) is 15.0. The second-order valence-electron chi connectivity index (χ2n) is 5.24. The molecule has 1 rings (SSSR count). The molecule has 0 aromatic heterocycles. The van der Waals surface area contributed by atoms with Gasteiger partial charge in [0.15, 0.2) is 0 Å². The van der Waals surface area contributed by atoms with Crippen molar-refractivity contribution >= 4 is 5.97 Å². The molecule has 0 unspecified atom stereocenters. The quantitative estimate of drug-likeness (QED) is 0.388. The minimum absolute atomic E-state index is 0.371. The molecule has 110 valence electrons. The Labute approximate surface area is 122 Å². The van der Waals surface area contributed by atoms with E-state index >= 15 is 0 Å². The van der Waals surface area contributed by atoms with Crippen LogP contribution in [-0.4, -0.2) is 5.97 Å². The number of benzene rings is 1. The van der Waals surface area contributed by atoms with Gasteiger partial charge in [0.05, 0.1) is 0 Å². The Hall–Kier alpha value is -1.57. The average Bonchev–Trinajstić information content (AvgIpc) is 2.44. The van der Waals surface area contributed by atoms with Crippen molar-refractivity contribution in [3.05, 3.63) is 41.5 Å². The van der Waals surface area contributed by atoms with Crippen LogP contribution in [0.2, 0.25) is 0 Å². The van der Waals surface area contributed by atoms with Crippen molar-refractivity contribution in [3.63, 3.8) is 0 Å². The van der Waals surface area contributed by atoms with Crippen molar-refractivity contribution < 1.29 is 9.53 Å². The lowest BCUT2D eigenvalue weighted by Gasteiger charge is -2.15. The number of unbranched alkanes of at least 4 members (excludes halogenated alkanes) is 2. The van der Waals surface area contributed by atoms with Gasteiger partial charge >= 0.3 is 5.97 Å². The standard InChI is InChI=1S/C18H26O2/c1-5-8-10-15-12-14(4)13-16(11-9-6-2)18(15)20-17(19)7-3/h7,12-13H,3,5-6,8-11H2,1-2,4H3. The molecule has 0 heterocycles. The summed E-state index contributed by atoms with van der Waals surface area (Å²) in [5, 5.41) is 0. The van der Waals surface area contributed by atoms with Crippen LogP contribution in [-0.2, 0) is 17.6 Å². The molecular weight excluding hydrogens is 248 g/mol. The molecule has 0 aliphatic rings. The highest BCUT2D eigenvalue weighted by atomic mass is 16.5. The molecule has 2 nitrogen and oxygen atoms in total. The molecule has 2 heteroatoms. The third-order valence-corrected chi connectivity index (χ3v) is 3.36. The lowest BCUT2D eigenvalue weighted by atomic mass is 9.97. The fourth-order valence-electron chi connectivity index (χ4n) is 2.31. The largest absolute Gasteiger partial charge is 0.423 e. The van der Waals surface area contributed by atoms with Crippen molar-refractivity contribution in [2.24, 2.45) is 0 Å². The van der Waals surface area contributed by atoms with Crippen LogP contribution in [0.3, 0.4) is 0 Å². The first-order valence-electron chi connectivity index (χ1n) is 7.59. The van der Waals surface area contributed by atoms with E-state index in [9.17, 15) is 4.79 Å². The van der Waals surface area contributed by atoms with Gasteiger partial charge in [-0.05, 0) is 43.7 Å². The lowest BCUT2D eigenvalue weighted by Crippen LogP contribution is -2.09. The first kappa shape index (κ1) is 16.5. The maximum Gasteiger partial charge on any atom is 0.335 e. The fraction of sp³-hybridized carbons (Fsp3) is 0.500. The maximum atomic E-state index is 11.6. The van der Waals surface area contributed by atoms with Crippen molar-refractivity contribution in [1.82, 2.24) is 0 Å². The van der Waals surface area contributed by atoms with Gasteiger partial charge in [0.1, 0.15) is 5.75 Å². The maximum absolute atomic E-state index is 11.6. The highest BCUT2D eigenvalue weighted by molar-refractivity contribution is 5.83. The van der Waals surface area contributed by atoms with E-state index in [1.807, 2.05) is 0 Å². The number of carbonyl (C=O) groups is 1. The molecule has 0 spiro atoms. The van der Waals surface area contributed by atoms with Crippen LogP contribution in [0, 0.1) is 6.92 Å². The Kier molecular flexibility index (Phi) is 7.06. The molecule has 0 saturated heterocycles. The summed E-state index contributed by atoms with van der Waals surface area (Å²) in [6, 6.07) is 4.27. The lowest BCUT2D eigenvalue weighted by molar-refractivity contribution is -0.129. The summed E-state index contributed by atoms with van der Waals surface area (Å²) in [5.74, 6) is 0.395. The molecule has 1 aromatic carbocycles. The Balaban J connectivity index is 3.13. The van der Waals surface area contributed by atoms with E-state index in [4.69, 9.17) is 4.74 Å². The molecule has 20 heavy (non-hydrogen) atoms. The molecule has 0 amide bonds. The Morgan fingerprint density at radius 2 is 1.65 bits per heavy atom. The minimum atomic E-state index is -0.371. The topological polar surface area (TPSA) is 26.3 Å². The van der Waals surface area contributed by atoms with Crippen molar-refractivity contribution in [2.45, 2.75) is 59.3 Å². The highest BCUT2D eigenvalue weighted by Crippen LogP contribution is 2.29. The minimum Gasteiger partial charge on any atom is -0.423 e. The molecule has 1 aromatic rings. The summed E-state index contributed by atoms with van der Waals surface area (Å²) >= 11 is 0. The molecule has 0 atom stereocenters. The smallest absolute Gasteiger partial charge is 0.335 e. The monoisotopic (exact) mass is 274 g/mol. The van der Waals surface area contributed by atoms with Crippen LogP contribution in [0.25, 0.3) is 0 Å². The second-order valence-corrected chi connectivity index (χ2v) is 5.24. The number of rotatable bonds is 8. The normalized spacial score (nSPS) is 10.3. The van der Waals surface area contributed by atoms with Gasteiger partial charge in [-0.1, -0.05) is 51.0 Å². The van der Waals surface area contributed by atoms with Gasteiger partial charge in [0, 0.05) is 6.08 Å². The first-order valence-corrected chi connectivity index (χ1v) is 7.59. The van der Waals surface area contributed by atoms with E-state index in [-0.39, 0.29) is 5.97 Å². The Morgan fingerprint density at radius 3 is 2.05 bits per heavy atom. The van der Waals surface area contributed by atoms with Crippen LogP contribution >= 0.6 is 0 Å². The van der Waals surface area contributed by atoms with Gasteiger partial charge in [-0.15, -0.1) is 0 Å². The number of aryl methyl sites for hydroxylation is 3. The summed E-state index contributed by atoms with van der Waals surface area (Å²) in [5.41, 5.74) is 3.53. The molecule has 0 saturated carbocycles. The number of carbonyl (C=O) groups excluding carboxylic acids is 1. The fourth-order valence-corrected chi connectivity index (χ4v) is 2.31. The van der Waals surface area contributed by atoms with E-state index in [2.05, 4.69) is 39.5 Å². The van der Waals surface area contributed by atoms with Crippen molar-refractivity contribution in [2.75, 3.05) is 0 Å².